The Bertz CT molecular complexity index is 1270. The van der Waals surface area contributed by atoms with Crippen LogP contribution in [0.4, 0.5) is 4.39 Å². The van der Waals surface area contributed by atoms with E-state index < -0.39 is 11.9 Å². The van der Waals surface area contributed by atoms with Gasteiger partial charge in [0.25, 0.3) is 11.8 Å². The Kier molecular flexibility index (Phi) is 6.45. The predicted octanol–water partition coefficient (Wildman–Crippen LogP) is 3.42. The molecule has 1 heterocycles. The van der Waals surface area contributed by atoms with E-state index in [2.05, 4.69) is 16.0 Å². The molecule has 2 unspecified atom stereocenters. The number of benzene rings is 2. The Morgan fingerprint density at radius 3 is 2.50 bits per heavy atom. The number of amides is 2. The Morgan fingerprint density at radius 2 is 1.79 bits per heavy atom. The molecule has 4 saturated carbocycles. The van der Waals surface area contributed by atoms with Crippen LogP contribution in [0.2, 0.25) is 10.0 Å². The van der Waals surface area contributed by atoms with Crippen LogP contribution in [0.3, 0.4) is 0 Å². The van der Waals surface area contributed by atoms with Crippen molar-refractivity contribution in [1.82, 2.24) is 16.0 Å². The van der Waals surface area contributed by atoms with Crippen molar-refractivity contribution in [2.75, 3.05) is 6.61 Å². The van der Waals surface area contributed by atoms with Gasteiger partial charge in [-0.05, 0) is 62.4 Å². The number of fused-ring (bicyclic) bond motifs is 1. The Hall–Kier alpha value is -2.59. The zero-order valence-electron chi connectivity index (χ0n) is 20.4. The lowest BCUT2D eigenvalue weighted by Crippen LogP contribution is -2.84. The van der Waals surface area contributed by atoms with Crippen molar-refractivity contribution >= 4 is 35.0 Å². The molecule has 11 heteroatoms. The molecule has 0 radical (unpaired) electrons. The van der Waals surface area contributed by atoms with Crippen molar-refractivity contribution in [3.05, 3.63) is 57.8 Å². The van der Waals surface area contributed by atoms with Gasteiger partial charge in [-0.2, -0.15) is 0 Å². The summed E-state index contributed by atoms with van der Waals surface area (Å²) in [7, 11) is 0. The van der Waals surface area contributed by atoms with E-state index >= 15 is 0 Å². The molecule has 202 valence electrons. The van der Waals surface area contributed by atoms with Crippen molar-refractivity contribution in [3.8, 4) is 11.5 Å². The van der Waals surface area contributed by atoms with Crippen LogP contribution in [0.1, 0.15) is 50.1 Å². The molecule has 7 rings (SSSR count). The number of halogens is 3. The molecule has 0 saturated heterocycles. The lowest BCUT2D eigenvalue weighted by molar-refractivity contribution is -0.154. The summed E-state index contributed by atoms with van der Waals surface area (Å²) in [4.78, 5) is 25.6. The van der Waals surface area contributed by atoms with Crippen molar-refractivity contribution in [1.29, 1.82) is 0 Å². The molecule has 4 N–H and O–H groups in total. The zero-order chi connectivity index (χ0) is 26.7. The van der Waals surface area contributed by atoms with Gasteiger partial charge in [-0.15, -0.1) is 0 Å². The highest BCUT2D eigenvalue weighted by molar-refractivity contribution is 6.31. The first kappa shape index (κ1) is 25.7. The minimum Gasteiger partial charge on any atom is -0.484 e. The van der Waals surface area contributed by atoms with Gasteiger partial charge in [0, 0.05) is 46.2 Å². The number of nitrogens with one attached hydrogen (secondary N) is 3. The van der Waals surface area contributed by atoms with Crippen LogP contribution in [0, 0.1) is 5.82 Å². The van der Waals surface area contributed by atoms with E-state index in [0.29, 0.717) is 49.3 Å². The second kappa shape index (κ2) is 9.55. The molecule has 2 bridgehead atoms. The summed E-state index contributed by atoms with van der Waals surface area (Å²) in [5.41, 5.74) is 0.207. The average Bonchev–Trinajstić information content (AvgIpc) is 2.81. The molecule has 8 nitrogen and oxygen atoms in total. The molecular formula is C27H28Cl2FN3O5. The van der Waals surface area contributed by atoms with E-state index in [1.54, 1.807) is 12.1 Å². The topological polar surface area (TPSA) is 109 Å². The van der Waals surface area contributed by atoms with E-state index in [9.17, 15) is 19.1 Å². The second-order valence-electron chi connectivity index (χ2n) is 11.1. The van der Waals surface area contributed by atoms with Gasteiger partial charge in [-0.25, -0.2) is 4.39 Å². The third-order valence-corrected chi connectivity index (χ3v) is 8.53. The summed E-state index contributed by atoms with van der Waals surface area (Å²) in [6.45, 7) is -0.242. The smallest absolute Gasteiger partial charge is 0.261 e. The molecule has 5 aliphatic rings. The monoisotopic (exact) mass is 563 g/mol. The summed E-state index contributed by atoms with van der Waals surface area (Å²) < 4.78 is 25.0. The zero-order valence-corrected chi connectivity index (χ0v) is 21.9. The lowest BCUT2D eigenvalue weighted by Gasteiger charge is -2.70. The minimum absolute atomic E-state index is 0.0137. The highest BCUT2D eigenvalue weighted by Crippen LogP contribution is 2.60. The Labute approximate surface area is 229 Å². The molecule has 0 spiro atoms. The maximum absolute atomic E-state index is 13.6. The van der Waals surface area contributed by atoms with Crippen LogP contribution >= 0.6 is 23.2 Å². The molecule has 2 atom stereocenters. The third-order valence-electron chi connectivity index (χ3n) is 7.99. The molecular weight excluding hydrogens is 536 g/mol. The van der Waals surface area contributed by atoms with Gasteiger partial charge >= 0.3 is 0 Å². The van der Waals surface area contributed by atoms with Crippen LogP contribution in [0.15, 0.2) is 36.4 Å². The minimum atomic E-state index is -0.668. The number of aliphatic hydroxyl groups excluding tert-OH is 1. The number of carbonyl (C=O) groups is 2. The maximum Gasteiger partial charge on any atom is 0.261 e. The Morgan fingerprint density at radius 1 is 1.05 bits per heavy atom. The maximum atomic E-state index is 13.6. The fourth-order valence-electron chi connectivity index (χ4n) is 6.21. The number of rotatable bonds is 8. The standard InChI is InChI=1S/C27H28Cl2FN3O5/c28-14-1-4-22-18(5-14)21(31-15-6-16(34)7-15)9-23(38-22)25(36)33-27-11-26(12-27,13-27)32-24(35)10-37-17-2-3-19(29)20(30)8-17/h1-5,8,15-16,21,23,31,34H,6-7,9-13H2,(H,32,35)(H,33,36)/t15-,16+,21?,23?,26?,27?. The molecule has 4 fully saturated rings. The van der Waals surface area contributed by atoms with Gasteiger partial charge in [-0.3, -0.25) is 9.59 Å². The largest absolute Gasteiger partial charge is 0.484 e. The van der Waals surface area contributed by atoms with Crippen LogP contribution in [0.25, 0.3) is 0 Å². The number of hydrogen-bond acceptors (Lipinski definition) is 6. The highest BCUT2D eigenvalue weighted by atomic mass is 35.5. The number of ether oxygens (including phenoxy) is 2. The number of aliphatic hydroxyl groups is 1. The Balaban J connectivity index is 1.01. The second-order valence-corrected chi connectivity index (χ2v) is 11.9. The molecule has 2 aromatic carbocycles. The summed E-state index contributed by atoms with van der Waals surface area (Å²) in [6.07, 6.45) is 2.76. The molecule has 2 aromatic rings. The van der Waals surface area contributed by atoms with Gasteiger partial charge in [-0.1, -0.05) is 23.2 Å². The first-order chi connectivity index (χ1) is 18.1. The lowest BCUT2D eigenvalue weighted by atomic mass is 9.44. The van der Waals surface area contributed by atoms with Crippen LogP contribution in [-0.2, 0) is 9.59 Å². The summed E-state index contributed by atoms with van der Waals surface area (Å²) in [5.74, 6) is -0.249. The molecule has 2 amide bonds. The summed E-state index contributed by atoms with van der Waals surface area (Å²) >= 11 is 11.9. The first-order valence-corrected chi connectivity index (χ1v) is 13.5. The molecule has 4 aliphatic carbocycles. The molecule has 0 aromatic heterocycles. The van der Waals surface area contributed by atoms with E-state index in [1.807, 2.05) is 6.07 Å². The first-order valence-electron chi connectivity index (χ1n) is 12.7. The van der Waals surface area contributed by atoms with Crippen molar-refractivity contribution in [2.45, 2.75) is 73.9 Å². The summed E-state index contributed by atoms with van der Waals surface area (Å²) in [6, 6.07) is 9.47. The van der Waals surface area contributed by atoms with E-state index in [1.165, 1.54) is 12.1 Å². The van der Waals surface area contributed by atoms with Crippen molar-refractivity contribution in [3.63, 3.8) is 0 Å². The van der Waals surface area contributed by atoms with Gasteiger partial charge in [0.1, 0.15) is 17.3 Å². The summed E-state index contributed by atoms with van der Waals surface area (Å²) in [5, 5.41) is 19.9. The normalized spacial score (nSPS) is 32.4. The van der Waals surface area contributed by atoms with Gasteiger partial charge < -0.3 is 30.5 Å². The quantitative estimate of drug-likeness (QED) is 0.392. The number of carbonyl (C=O) groups excluding carboxylic acids is 2. The van der Waals surface area contributed by atoms with Crippen molar-refractivity contribution < 1.29 is 28.6 Å². The molecule has 38 heavy (non-hydrogen) atoms. The van der Waals surface area contributed by atoms with E-state index in [4.69, 9.17) is 32.7 Å². The van der Waals surface area contributed by atoms with Gasteiger partial charge in [0.2, 0.25) is 0 Å². The average molecular weight is 564 g/mol. The predicted molar refractivity (Wildman–Crippen MR) is 138 cm³/mol. The van der Waals surface area contributed by atoms with Crippen LogP contribution in [-0.4, -0.2) is 52.9 Å². The van der Waals surface area contributed by atoms with E-state index in [-0.39, 0.29) is 58.5 Å². The van der Waals surface area contributed by atoms with Gasteiger partial charge in [0.05, 0.1) is 11.1 Å². The third kappa shape index (κ3) is 4.93. The van der Waals surface area contributed by atoms with Crippen molar-refractivity contribution in [2.24, 2.45) is 0 Å². The number of hydrogen-bond donors (Lipinski definition) is 4. The van der Waals surface area contributed by atoms with Gasteiger partial charge in [0.15, 0.2) is 12.7 Å². The molecule has 1 aliphatic heterocycles. The fraction of sp³-hybridized carbons (Fsp3) is 0.481. The highest BCUT2D eigenvalue weighted by Gasteiger charge is 2.69. The fourth-order valence-corrected chi connectivity index (χ4v) is 6.51. The van der Waals surface area contributed by atoms with E-state index in [0.717, 1.165) is 11.6 Å². The van der Waals surface area contributed by atoms with Crippen LogP contribution < -0.4 is 25.4 Å². The SMILES string of the molecule is O=C(COc1ccc(Cl)c(F)c1)NC12CC(NC(=O)C3CC(N[C@H]4C[C@@H](O)C4)c4cc(Cl)ccc4O3)(C1)C2. The van der Waals surface area contributed by atoms with Crippen LogP contribution in [0.5, 0.6) is 11.5 Å².